The van der Waals surface area contributed by atoms with Gasteiger partial charge in [-0.2, -0.15) is 4.98 Å². The Kier molecular flexibility index (Phi) is 5.93. The normalized spacial score (nSPS) is 32.0. The van der Waals surface area contributed by atoms with Gasteiger partial charge < -0.3 is 26.0 Å². The van der Waals surface area contributed by atoms with Gasteiger partial charge in [0.15, 0.2) is 0 Å². The first kappa shape index (κ1) is 18.8. The van der Waals surface area contributed by atoms with Gasteiger partial charge in [0.25, 0.3) is 5.91 Å². The molecule has 26 heavy (non-hydrogen) atoms. The predicted octanol–water partition coefficient (Wildman–Crippen LogP) is 1.22. The Hall–Kier alpha value is -1.93. The van der Waals surface area contributed by atoms with E-state index in [1.54, 1.807) is 0 Å². The molecule has 1 amide bonds. The van der Waals surface area contributed by atoms with Gasteiger partial charge in [0.05, 0.1) is 12.2 Å². The molecule has 8 heteroatoms. The molecule has 0 aliphatic heterocycles. The first-order chi connectivity index (χ1) is 12.4. The van der Waals surface area contributed by atoms with Crippen molar-refractivity contribution in [1.82, 2.24) is 9.97 Å². The molecule has 2 aliphatic carbocycles. The van der Waals surface area contributed by atoms with Crippen molar-refractivity contribution in [2.75, 3.05) is 5.32 Å². The molecule has 2 saturated carbocycles. The number of nitrogens with one attached hydrogen (secondary N) is 1. The van der Waals surface area contributed by atoms with Crippen LogP contribution in [0, 0.1) is 5.92 Å². The summed E-state index contributed by atoms with van der Waals surface area (Å²) in [6.07, 6.45) is 6.00. The third kappa shape index (κ3) is 4.62. The van der Waals surface area contributed by atoms with Crippen molar-refractivity contribution in [3.8, 4) is 6.01 Å². The topological polar surface area (TPSA) is 131 Å². The van der Waals surface area contributed by atoms with Crippen molar-refractivity contribution in [2.24, 2.45) is 11.7 Å². The number of primary amides is 1. The van der Waals surface area contributed by atoms with E-state index in [4.69, 9.17) is 10.5 Å². The molecule has 8 nitrogen and oxygen atoms in total. The number of aliphatic hydroxyl groups excluding tert-OH is 2. The van der Waals surface area contributed by atoms with Crippen LogP contribution in [-0.2, 0) is 0 Å². The fourth-order valence-electron chi connectivity index (χ4n) is 3.65. The summed E-state index contributed by atoms with van der Waals surface area (Å²) in [5.74, 6) is 0.0178. The van der Waals surface area contributed by atoms with Gasteiger partial charge in [0, 0.05) is 12.2 Å². The van der Waals surface area contributed by atoms with E-state index in [1.165, 1.54) is 6.20 Å². The van der Waals surface area contributed by atoms with Gasteiger partial charge in [0.1, 0.15) is 17.5 Å². The number of carbonyl (C=O) groups excluding carboxylic acids is 1. The van der Waals surface area contributed by atoms with Crippen LogP contribution in [0.5, 0.6) is 6.01 Å². The molecule has 1 heterocycles. The molecular weight excluding hydrogens is 336 g/mol. The molecule has 3 rings (SSSR count). The zero-order chi connectivity index (χ0) is 18.7. The standard InChI is InChI=1S/C18H28N4O4/c1-10-2-3-11(8-15(10)24)21-17-14(16(19)25)9-20-18(22-17)26-13-6-4-12(23)5-7-13/h9-13,15,23-24H,2-8H2,1H3,(H2,19,25)(H,20,21,22)/t10-,11-,12?,13?,15-/m1/s1. The van der Waals surface area contributed by atoms with Crippen LogP contribution in [0.15, 0.2) is 6.20 Å². The van der Waals surface area contributed by atoms with E-state index in [2.05, 4.69) is 15.3 Å². The minimum atomic E-state index is -0.607. The predicted molar refractivity (Wildman–Crippen MR) is 95.9 cm³/mol. The van der Waals surface area contributed by atoms with E-state index in [0.717, 1.165) is 25.7 Å². The van der Waals surface area contributed by atoms with Gasteiger partial charge in [-0.15, -0.1) is 0 Å². The Morgan fingerprint density at radius 3 is 2.62 bits per heavy atom. The zero-order valence-corrected chi connectivity index (χ0v) is 15.1. The third-order valence-electron chi connectivity index (χ3n) is 5.44. The molecule has 2 fully saturated rings. The van der Waals surface area contributed by atoms with Crippen LogP contribution in [0.2, 0.25) is 0 Å². The van der Waals surface area contributed by atoms with Crippen LogP contribution in [-0.4, -0.2) is 50.4 Å². The first-order valence-corrected chi connectivity index (χ1v) is 9.38. The van der Waals surface area contributed by atoms with Crippen LogP contribution in [0.1, 0.15) is 62.2 Å². The lowest BCUT2D eigenvalue weighted by Crippen LogP contribution is -2.35. The molecule has 2 aliphatic rings. The number of nitrogens with zero attached hydrogens (tertiary/aromatic N) is 2. The van der Waals surface area contributed by atoms with Gasteiger partial charge in [-0.25, -0.2) is 4.98 Å². The fraction of sp³-hybridized carbons (Fsp3) is 0.722. The van der Waals surface area contributed by atoms with E-state index < -0.39 is 5.91 Å². The summed E-state index contributed by atoms with van der Waals surface area (Å²) in [5.41, 5.74) is 5.65. The average molecular weight is 364 g/mol. The number of hydrogen-bond donors (Lipinski definition) is 4. The lowest BCUT2D eigenvalue weighted by atomic mass is 9.85. The average Bonchev–Trinajstić information content (AvgIpc) is 2.60. The summed E-state index contributed by atoms with van der Waals surface area (Å²) in [7, 11) is 0. The molecule has 0 unspecified atom stereocenters. The quantitative estimate of drug-likeness (QED) is 0.618. The smallest absolute Gasteiger partial charge is 0.318 e. The lowest BCUT2D eigenvalue weighted by Gasteiger charge is -2.32. The second kappa shape index (κ2) is 8.18. The summed E-state index contributed by atoms with van der Waals surface area (Å²) < 4.78 is 5.83. The summed E-state index contributed by atoms with van der Waals surface area (Å²) in [6.45, 7) is 2.04. The Morgan fingerprint density at radius 1 is 1.23 bits per heavy atom. The minimum Gasteiger partial charge on any atom is -0.460 e. The van der Waals surface area contributed by atoms with Gasteiger partial charge in [-0.1, -0.05) is 6.92 Å². The monoisotopic (exact) mass is 364 g/mol. The molecule has 0 aromatic carbocycles. The molecule has 0 bridgehead atoms. The molecular formula is C18H28N4O4. The number of carbonyl (C=O) groups is 1. The molecule has 0 spiro atoms. The summed E-state index contributed by atoms with van der Waals surface area (Å²) in [4.78, 5) is 20.2. The highest BCUT2D eigenvalue weighted by Gasteiger charge is 2.28. The third-order valence-corrected chi connectivity index (χ3v) is 5.44. The molecule has 5 N–H and O–H groups in total. The highest BCUT2D eigenvalue weighted by molar-refractivity contribution is 5.97. The minimum absolute atomic E-state index is 0.0203. The Balaban J connectivity index is 1.71. The first-order valence-electron chi connectivity index (χ1n) is 9.38. The number of rotatable bonds is 5. The van der Waals surface area contributed by atoms with E-state index in [9.17, 15) is 15.0 Å². The van der Waals surface area contributed by atoms with Crippen molar-refractivity contribution < 1.29 is 19.7 Å². The van der Waals surface area contributed by atoms with Crippen molar-refractivity contribution >= 4 is 11.7 Å². The largest absolute Gasteiger partial charge is 0.460 e. The van der Waals surface area contributed by atoms with E-state index in [1.807, 2.05) is 6.92 Å². The highest BCUT2D eigenvalue weighted by atomic mass is 16.5. The lowest BCUT2D eigenvalue weighted by molar-refractivity contribution is 0.0617. The Bertz CT molecular complexity index is 634. The number of nitrogens with two attached hydrogens (primary N) is 1. The maximum Gasteiger partial charge on any atom is 0.318 e. The molecule has 0 saturated heterocycles. The van der Waals surface area contributed by atoms with Gasteiger partial charge >= 0.3 is 6.01 Å². The van der Waals surface area contributed by atoms with E-state index >= 15 is 0 Å². The van der Waals surface area contributed by atoms with Crippen molar-refractivity contribution in [3.05, 3.63) is 11.8 Å². The zero-order valence-electron chi connectivity index (χ0n) is 15.1. The number of anilines is 1. The van der Waals surface area contributed by atoms with Crippen LogP contribution >= 0.6 is 0 Å². The number of aliphatic hydroxyl groups is 2. The Labute approximate surface area is 153 Å². The summed E-state index contributed by atoms with van der Waals surface area (Å²) in [5, 5.41) is 22.9. The van der Waals surface area contributed by atoms with Crippen LogP contribution in [0.25, 0.3) is 0 Å². The van der Waals surface area contributed by atoms with Gasteiger partial charge in [-0.3, -0.25) is 4.79 Å². The SMILES string of the molecule is C[C@@H]1CC[C@@H](Nc2nc(OC3CCC(O)CC3)ncc2C(N)=O)C[C@H]1O. The van der Waals surface area contributed by atoms with Crippen LogP contribution < -0.4 is 15.8 Å². The fourth-order valence-corrected chi connectivity index (χ4v) is 3.65. The molecule has 144 valence electrons. The molecule has 3 atom stereocenters. The molecule has 1 aromatic heterocycles. The van der Waals surface area contributed by atoms with Crippen LogP contribution in [0.4, 0.5) is 5.82 Å². The van der Waals surface area contributed by atoms with E-state index in [-0.39, 0.29) is 41.8 Å². The molecule has 0 radical (unpaired) electrons. The maximum absolute atomic E-state index is 11.7. The second-order valence-electron chi connectivity index (χ2n) is 7.53. The van der Waals surface area contributed by atoms with Gasteiger partial charge in [0.2, 0.25) is 0 Å². The Morgan fingerprint density at radius 2 is 1.96 bits per heavy atom. The van der Waals surface area contributed by atoms with Crippen molar-refractivity contribution in [1.29, 1.82) is 0 Å². The number of ether oxygens (including phenoxy) is 1. The number of hydrogen-bond acceptors (Lipinski definition) is 7. The number of aromatic nitrogens is 2. The highest BCUT2D eigenvalue weighted by Crippen LogP contribution is 2.28. The van der Waals surface area contributed by atoms with E-state index in [0.29, 0.717) is 25.1 Å². The van der Waals surface area contributed by atoms with Gasteiger partial charge in [-0.05, 0) is 50.9 Å². The molecule has 1 aromatic rings. The summed E-state index contributed by atoms with van der Waals surface area (Å²) >= 11 is 0. The summed E-state index contributed by atoms with van der Waals surface area (Å²) in [6, 6.07) is 0.218. The number of amides is 1. The van der Waals surface area contributed by atoms with Crippen LogP contribution in [0.3, 0.4) is 0 Å². The second-order valence-corrected chi connectivity index (χ2v) is 7.53. The van der Waals surface area contributed by atoms with Crippen molar-refractivity contribution in [2.45, 2.75) is 76.2 Å². The maximum atomic E-state index is 11.7. The van der Waals surface area contributed by atoms with Crippen molar-refractivity contribution in [3.63, 3.8) is 0 Å².